The second-order valence-electron chi connectivity index (χ2n) is 7.98. The first-order chi connectivity index (χ1) is 18.7. The Hall–Kier alpha value is -5.43. The Morgan fingerprint density at radius 3 is 2.05 bits per heavy atom. The van der Waals surface area contributed by atoms with Crippen molar-refractivity contribution in [3.63, 3.8) is 0 Å². The van der Waals surface area contributed by atoms with Gasteiger partial charge in [0.15, 0.2) is 5.96 Å². The number of anilines is 2. The number of guanidine groups is 1. The van der Waals surface area contributed by atoms with Gasteiger partial charge in [-0.05, 0) is 60.7 Å². The molecule has 0 heterocycles. The summed E-state index contributed by atoms with van der Waals surface area (Å²) in [6, 6.07) is 19.4. The van der Waals surface area contributed by atoms with Crippen molar-refractivity contribution in [2.24, 2.45) is 5.73 Å². The molecule has 13 nitrogen and oxygen atoms in total. The van der Waals surface area contributed by atoms with Gasteiger partial charge in [0.2, 0.25) is 11.8 Å². The summed E-state index contributed by atoms with van der Waals surface area (Å²) in [4.78, 5) is 48.9. The van der Waals surface area contributed by atoms with Gasteiger partial charge in [0, 0.05) is 16.9 Å². The van der Waals surface area contributed by atoms with Gasteiger partial charge in [-0.3, -0.25) is 25.1 Å². The van der Waals surface area contributed by atoms with Crippen molar-refractivity contribution in [1.29, 1.82) is 5.41 Å². The number of aliphatic hydroxyl groups excluding tert-OH is 1. The topological polar surface area (TPSA) is 208 Å². The molecule has 0 aliphatic rings. The zero-order chi connectivity index (χ0) is 28.2. The first kappa shape index (κ1) is 28.1. The Morgan fingerprint density at radius 1 is 0.846 bits per heavy atom. The molecule has 0 unspecified atom stereocenters. The van der Waals surface area contributed by atoms with E-state index >= 15 is 0 Å². The van der Waals surface area contributed by atoms with Crippen LogP contribution in [0.4, 0.5) is 16.2 Å². The smallest absolute Gasteiger partial charge is 0.319 e. The van der Waals surface area contributed by atoms with E-state index in [9.17, 15) is 24.3 Å². The Labute approximate surface area is 223 Å². The Kier molecular flexibility index (Phi) is 9.93. The van der Waals surface area contributed by atoms with Gasteiger partial charge in [-0.15, -0.1) is 0 Å². The van der Waals surface area contributed by atoms with Crippen LogP contribution in [0.1, 0.15) is 10.4 Å². The highest BCUT2D eigenvalue weighted by atomic mass is 16.5. The molecule has 0 bridgehead atoms. The predicted molar refractivity (Wildman–Crippen MR) is 143 cm³/mol. The van der Waals surface area contributed by atoms with Crippen molar-refractivity contribution in [1.82, 2.24) is 16.0 Å². The van der Waals surface area contributed by atoms with E-state index in [1.807, 2.05) is 18.2 Å². The number of aliphatic hydroxyl groups is 1. The Balaban J connectivity index is 1.43. The van der Waals surface area contributed by atoms with Gasteiger partial charge in [0.1, 0.15) is 17.5 Å². The molecule has 0 fully saturated rings. The fraction of sp³-hybridized carbons (Fsp3) is 0.115. The van der Waals surface area contributed by atoms with E-state index in [1.165, 1.54) is 24.3 Å². The maximum absolute atomic E-state index is 12.3. The second kappa shape index (κ2) is 13.8. The molecule has 0 aliphatic carbocycles. The molecule has 0 aromatic heterocycles. The van der Waals surface area contributed by atoms with Crippen LogP contribution in [0, 0.1) is 5.41 Å². The quantitative estimate of drug-likeness (QED) is 0.140. The summed E-state index contributed by atoms with van der Waals surface area (Å²) in [6.45, 7) is -1.30. The summed E-state index contributed by atoms with van der Waals surface area (Å²) in [5.74, 6) is -1.41. The molecule has 0 spiro atoms. The first-order valence-corrected chi connectivity index (χ1v) is 11.6. The number of benzene rings is 3. The largest absolute Gasteiger partial charge is 0.457 e. The third-order valence-corrected chi connectivity index (χ3v) is 5.00. The number of hydrogen-bond donors (Lipinski definition) is 8. The molecule has 0 radical (unpaired) electrons. The van der Waals surface area contributed by atoms with Gasteiger partial charge in [0.05, 0.1) is 13.2 Å². The number of nitrogens with one attached hydrogen (secondary N) is 6. The number of imide groups is 1. The monoisotopic (exact) mass is 533 g/mol. The lowest BCUT2D eigenvalue weighted by Crippen LogP contribution is -2.52. The summed E-state index contributed by atoms with van der Waals surface area (Å²) in [7, 11) is 0. The molecule has 13 heteroatoms. The molecular formula is C26H27N7O6. The number of hydrogen-bond acceptors (Lipinski definition) is 7. The SMILES string of the molecule is N=C(N)Nc1ccc(C(=O)NC(=O)CNC(=O)[C@H](CO)NC(=O)Nc2ccc(Oc3ccccc3)cc2)cc1. The molecule has 5 amide bonds. The molecule has 3 aromatic carbocycles. The number of ether oxygens (including phenoxy) is 1. The second-order valence-corrected chi connectivity index (χ2v) is 7.98. The predicted octanol–water partition coefficient (Wildman–Crippen LogP) is 1.34. The summed E-state index contributed by atoms with van der Waals surface area (Å²) >= 11 is 0. The Morgan fingerprint density at radius 2 is 1.44 bits per heavy atom. The van der Waals surface area contributed by atoms with E-state index in [0.717, 1.165) is 0 Å². The van der Waals surface area contributed by atoms with E-state index < -0.39 is 42.9 Å². The average Bonchev–Trinajstić information content (AvgIpc) is 2.92. The minimum atomic E-state index is -1.35. The zero-order valence-electron chi connectivity index (χ0n) is 20.6. The summed E-state index contributed by atoms with van der Waals surface area (Å²) in [6.07, 6.45) is 0. The van der Waals surface area contributed by atoms with E-state index in [1.54, 1.807) is 36.4 Å². The van der Waals surface area contributed by atoms with Crippen molar-refractivity contribution in [3.8, 4) is 11.5 Å². The maximum Gasteiger partial charge on any atom is 0.319 e. The minimum Gasteiger partial charge on any atom is -0.457 e. The van der Waals surface area contributed by atoms with E-state index in [2.05, 4.69) is 26.6 Å². The van der Waals surface area contributed by atoms with Crippen molar-refractivity contribution in [2.45, 2.75) is 6.04 Å². The fourth-order valence-electron chi connectivity index (χ4n) is 3.14. The number of carbonyl (C=O) groups is 4. The summed E-state index contributed by atoms with van der Waals surface area (Å²) < 4.78 is 5.68. The lowest BCUT2D eigenvalue weighted by atomic mass is 10.2. The van der Waals surface area contributed by atoms with Crippen molar-refractivity contribution < 1.29 is 29.0 Å². The minimum absolute atomic E-state index is 0.162. The van der Waals surface area contributed by atoms with Crippen molar-refractivity contribution >= 4 is 41.1 Å². The van der Waals surface area contributed by atoms with E-state index in [0.29, 0.717) is 22.9 Å². The molecule has 9 N–H and O–H groups in total. The van der Waals surface area contributed by atoms with Gasteiger partial charge >= 0.3 is 6.03 Å². The average molecular weight is 534 g/mol. The molecule has 0 aliphatic heterocycles. The normalized spacial score (nSPS) is 10.9. The van der Waals surface area contributed by atoms with Crippen LogP contribution in [0.25, 0.3) is 0 Å². The van der Waals surface area contributed by atoms with Gasteiger partial charge in [0.25, 0.3) is 5.91 Å². The molecular weight excluding hydrogens is 506 g/mol. The first-order valence-electron chi connectivity index (χ1n) is 11.6. The van der Waals surface area contributed by atoms with Gasteiger partial charge in [-0.25, -0.2) is 4.79 Å². The molecule has 3 aromatic rings. The molecule has 202 valence electrons. The molecule has 1 atom stereocenters. The number of carbonyl (C=O) groups excluding carboxylic acids is 4. The van der Waals surface area contributed by atoms with Gasteiger partial charge in [-0.1, -0.05) is 18.2 Å². The molecule has 0 saturated carbocycles. The molecule has 3 rings (SSSR count). The number of urea groups is 1. The number of para-hydroxylation sites is 1. The zero-order valence-corrected chi connectivity index (χ0v) is 20.6. The molecule has 39 heavy (non-hydrogen) atoms. The third-order valence-electron chi connectivity index (χ3n) is 5.00. The lowest BCUT2D eigenvalue weighted by Gasteiger charge is -2.16. The molecule has 0 saturated heterocycles. The third kappa shape index (κ3) is 9.18. The lowest BCUT2D eigenvalue weighted by molar-refractivity contribution is -0.127. The van der Waals surface area contributed by atoms with Gasteiger partial charge in [-0.2, -0.15) is 0 Å². The van der Waals surface area contributed by atoms with Crippen LogP contribution < -0.4 is 37.1 Å². The number of rotatable bonds is 10. The van der Waals surface area contributed by atoms with E-state index in [4.69, 9.17) is 15.9 Å². The van der Waals surface area contributed by atoms with Crippen LogP contribution in [-0.2, 0) is 9.59 Å². The van der Waals surface area contributed by atoms with Crippen LogP contribution in [0.15, 0.2) is 78.9 Å². The van der Waals surface area contributed by atoms with Crippen LogP contribution in [0.3, 0.4) is 0 Å². The van der Waals surface area contributed by atoms with Crippen LogP contribution >= 0.6 is 0 Å². The van der Waals surface area contributed by atoms with Crippen LogP contribution in [0.5, 0.6) is 11.5 Å². The highest BCUT2D eigenvalue weighted by molar-refractivity contribution is 6.06. The highest BCUT2D eigenvalue weighted by Crippen LogP contribution is 2.22. The number of amides is 5. The van der Waals surface area contributed by atoms with E-state index in [-0.39, 0.29) is 11.5 Å². The summed E-state index contributed by atoms with van der Waals surface area (Å²) in [5.41, 5.74) is 6.29. The summed E-state index contributed by atoms with van der Waals surface area (Å²) in [5, 5.41) is 28.5. The van der Waals surface area contributed by atoms with Crippen LogP contribution in [-0.4, -0.2) is 54.0 Å². The van der Waals surface area contributed by atoms with Gasteiger partial charge < -0.3 is 36.8 Å². The highest BCUT2D eigenvalue weighted by Gasteiger charge is 2.21. The fourth-order valence-corrected chi connectivity index (χ4v) is 3.14. The standard InChI is InChI=1S/C26H27N7O6/c27-25(28)30-17-8-6-16(7-9-17)23(36)33-22(35)14-29-24(37)21(15-34)32-26(38)31-18-10-12-20(13-11-18)39-19-4-2-1-3-5-19/h1-13,21,34H,14-15H2,(H,29,37)(H4,27,28,30)(H2,31,32,38)(H,33,35,36)/t21-/m0/s1. The van der Waals surface area contributed by atoms with Crippen molar-refractivity contribution in [3.05, 3.63) is 84.4 Å². The number of nitrogens with two attached hydrogens (primary N) is 1. The maximum atomic E-state index is 12.3. The van der Waals surface area contributed by atoms with Crippen molar-refractivity contribution in [2.75, 3.05) is 23.8 Å². The Bertz CT molecular complexity index is 1310. The van der Waals surface area contributed by atoms with Crippen LogP contribution in [0.2, 0.25) is 0 Å².